The minimum atomic E-state index is 0. The molecule has 1 aromatic heterocycles. The minimum Gasteiger partial charge on any atom is -0.348 e. The van der Waals surface area contributed by atoms with Gasteiger partial charge in [-0.2, -0.15) is 0 Å². The third-order valence-corrected chi connectivity index (χ3v) is 4.62. The molecule has 2 heterocycles. The molecule has 0 bridgehead atoms. The Morgan fingerprint density at radius 3 is 2.67 bits per heavy atom. The van der Waals surface area contributed by atoms with Gasteiger partial charge in [-0.05, 0) is 50.9 Å². The fraction of sp³-hybridized carbons (Fsp3) is 0.444. The molecular formula is C18H23Cl2N3O. The molecule has 2 aromatic rings. The molecule has 2 aliphatic rings. The van der Waals surface area contributed by atoms with Crippen LogP contribution in [0.3, 0.4) is 0 Å². The van der Waals surface area contributed by atoms with E-state index >= 15 is 0 Å². The zero-order chi connectivity index (χ0) is 15.1. The second-order valence-corrected chi connectivity index (χ2v) is 6.55. The summed E-state index contributed by atoms with van der Waals surface area (Å²) in [6.07, 6.45) is 3.39. The fourth-order valence-corrected chi connectivity index (χ4v) is 3.18. The number of aryl methyl sites for hydroxylation is 1. The van der Waals surface area contributed by atoms with Crippen LogP contribution in [-0.4, -0.2) is 30.0 Å². The maximum absolute atomic E-state index is 12.8. The molecular weight excluding hydrogens is 345 g/mol. The van der Waals surface area contributed by atoms with Crippen LogP contribution in [0.15, 0.2) is 24.3 Å². The van der Waals surface area contributed by atoms with Gasteiger partial charge in [0, 0.05) is 29.6 Å². The topological polar surface area (TPSA) is 54.0 Å². The smallest absolute Gasteiger partial charge is 0.252 e. The Balaban J connectivity index is 0.00000104. The van der Waals surface area contributed by atoms with Gasteiger partial charge < -0.3 is 10.6 Å². The second kappa shape index (κ2) is 7.68. The van der Waals surface area contributed by atoms with Crippen LogP contribution in [0, 0.1) is 6.92 Å². The first-order valence-electron chi connectivity index (χ1n) is 8.13. The Bertz CT molecular complexity index is 740. The number of rotatable bonds is 3. The number of benzene rings is 1. The zero-order valence-electron chi connectivity index (χ0n) is 13.7. The molecule has 4 rings (SSSR count). The standard InChI is InChI=1S/C18H21N3O.2ClH/c1-11-2-5-16-14(8-11)15(9-17(21-16)12-3-4-12)18(22)20-13-6-7-19-10-13;;/h2,5,8-9,12-13,19H,3-4,6-7,10H2,1H3,(H,20,22);2*1H. The van der Waals surface area contributed by atoms with Crippen LogP contribution < -0.4 is 10.6 Å². The summed E-state index contributed by atoms with van der Waals surface area (Å²) in [5, 5.41) is 7.42. The van der Waals surface area contributed by atoms with E-state index in [2.05, 4.69) is 29.7 Å². The second-order valence-electron chi connectivity index (χ2n) is 6.55. The van der Waals surface area contributed by atoms with Gasteiger partial charge >= 0.3 is 0 Å². The van der Waals surface area contributed by atoms with Crippen molar-refractivity contribution in [1.82, 2.24) is 15.6 Å². The number of pyridine rings is 1. The van der Waals surface area contributed by atoms with E-state index in [0.717, 1.165) is 47.2 Å². The molecule has 1 saturated heterocycles. The van der Waals surface area contributed by atoms with Crippen molar-refractivity contribution in [2.24, 2.45) is 0 Å². The highest BCUT2D eigenvalue weighted by atomic mass is 35.5. The van der Waals surface area contributed by atoms with Gasteiger partial charge in [0.15, 0.2) is 0 Å². The molecule has 24 heavy (non-hydrogen) atoms. The van der Waals surface area contributed by atoms with Crippen molar-refractivity contribution < 1.29 is 4.79 Å². The number of carbonyl (C=O) groups excluding carboxylic acids is 1. The van der Waals surface area contributed by atoms with Crippen LogP contribution in [0.25, 0.3) is 10.9 Å². The van der Waals surface area contributed by atoms with Crippen LogP contribution in [0.4, 0.5) is 0 Å². The lowest BCUT2D eigenvalue weighted by atomic mass is 10.0. The average Bonchev–Trinajstić information content (AvgIpc) is 3.24. The molecule has 1 aromatic carbocycles. The molecule has 2 fully saturated rings. The van der Waals surface area contributed by atoms with E-state index in [1.54, 1.807) is 0 Å². The van der Waals surface area contributed by atoms with Crippen molar-refractivity contribution in [3.63, 3.8) is 0 Å². The van der Waals surface area contributed by atoms with E-state index in [1.807, 2.05) is 12.1 Å². The van der Waals surface area contributed by atoms with Gasteiger partial charge in [-0.15, -0.1) is 24.8 Å². The normalized spacial score (nSPS) is 19.5. The van der Waals surface area contributed by atoms with Crippen molar-refractivity contribution in [1.29, 1.82) is 0 Å². The molecule has 6 heteroatoms. The van der Waals surface area contributed by atoms with Gasteiger partial charge in [-0.1, -0.05) is 11.6 Å². The summed E-state index contributed by atoms with van der Waals surface area (Å²) in [6.45, 7) is 3.90. The number of nitrogens with one attached hydrogen (secondary N) is 2. The third kappa shape index (κ3) is 3.82. The van der Waals surface area contributed by atoms with Gasteiger partial charge in [-0.3, -0.25) is 9.78 Å². The van der Waals surface area contributed by atoms with E-state index in [4.69, 9.17) is 4.98 Å². The summed E-state index contributed by atoms with van der Waals surface area (Å²) >= 11 is 0. The Kier molecular flexibility index (Phi) is 6.07. The Labute approximate surface area is 154 Å². The number of amides is 1. The van der Waals surface area contributed by atoms with E-state index in [-0.39, 0.29) is 36.8 Å². The van der Waals surface area contributed by atoms with Gasteiger partial charge in [0.25, 0.3) is 5.91 Å². The zero-order valence-corrected chi connectivity index (χ0v) is 15.3. The number of fused-ring (bicyclic) bond motifs is 1. The van der Waals surface area contributed by atoms with E-state index in [1.165, 1.54) is 12.8 Å². The maximum atomic E-state index is 12.8. The summed E-state index contributed by atoms with van der Waals surface area (Å²) in [6, 6.07) is 8.42. The minimum absolute atomic E-state index is 0. The lowest BCUT2D eigenvalue weighted by Crippen LogP contribution is -2.36. The molecule has 2 N–H and O–H groups in total. The van der Waals surface area contributed by atoms with E-state index < -0.39 is 0 Å². The van der Waals surface area contributed by atoms with Gasteiger partial charge in [0.05, 0.1) is 11.1 Å². The molecule has 1 saturated carbocycles. The number of aromatic nitrogens is 1. The quantitative estimate of drug-likeness (QED) is 0.874. The predicted molar refractivity (Wildman–Crippen MR) is 102 cm³/mol. The maximum Gasteiger partial charge on any atom is 0.252 e. The highest BCUT2D eigenvalue weighted by Gasteiger charge is 2.27. The van der Waals surface area contributed by atoms with Gasteiger partial charge in [0.1, 0.15) is 0 Å². The van der Waals surface area contributed by atoms with Crippen molar-refractivity contribution in [3.8, 4) is 0 Å². The lowest BCUT2D eigenvalue weighted by molar-refractivity contribution is 0.0941. The van der Waals surface area contributed by atoms with Crippen molar-refractivity contribution in [3.05, 3.63) is 41.1 Å². The first-order valence-corrected chi connectivity index (χ1v) is 8.13. The largest absolute Gasteiger partial charge is 0.348 e. The fourth-order valence-electron chi connectivity index (χ4n) is 3.18. The van der Waals surface area contributed by atoms with E-state index in [9.17, 15) is 4.79 Å². The number of hydrogen-bond acceptors (Lipinski definition) is 3. The molecule has 1 atom stereocenters. The van der Waals surface area contributed by atoms with Crippen LogP contribution in [0.1, 0.15) is 46.8 Å². The van der Waals surface area contributed by atoms with Crippen LogP contribution >= 0.6 is 24.8 Å². The van der Waals surface area contributed by atoms with Gasteiger partial charge in [-0.25, -0.2) is 0 Å². The Morgan fingerprint density at radius 1 is 1.21 bits per heavy atom. The van der Waals surface area contributed by atoms with Crippen molar-refractivity contribution in [2.75, 3.05) is 13.1 Å². The number of nitrogens with zero attached hydrogens (tertiary/aromatic N) is 1. The van der Waals surface area contributed by atoms with Crippen LogP contribution in [0.5, 0.6) is 0 Å². The molecule has 1 unspecified atom stereocenters. The molecule has 1 aliphatic heterocycles. The van der Waals surface area contributed by atoms with Crippen molar-refractivity contribution in [2.45, 2.75) is 38.1 Å². The molecule has 1 amide bonds. The summed E-state index contributed by atoms with van der Waals surface area (Å²) in [7, 11) is 0. The summed E-state index contributed by atoms with van der Waals surface area (Å²) in [5.41, 5.74) is 3.95. The van der Waals surface area contributed by atoms with Crippen LogP contribution in [0.2, 0.25) is 0 Å². The Hall–Kier alpha value is -1.36. The van der Waals surface area contributed by atoms with Crippen molar-refractivity contribution >= 4 is 41.6 Å². The molecule has 4 nitrogen and oxygen atoms in total. The Morgan fingerprint density at radius 2 is 2.00 bits per heavy atom. The van der Waals surface area contributed by atoms with Gasteiger partial charge in [0.2, 0.25) is 0 Å². The lowest BCUT2D eigenvalue weighted by Gasteiger charge is -2.14. The summed E-state index contributed by atoms with van der Waals surface area (Å²) in [5.74, 6) is 0.582. The summed E-state index contributed by atoms with van der Waals surface area (Å²) in [4.78, 5) is 17.5. The third-order valence-electron chi connectivity index (χ3n) is 4.62. The monoisotopic (exact) mass is 367 g/mol. The number of carbonyl (C=O) groups is 1. The van der Waals surface area contributed by atoms with E-state index in [0.29, 0.717) is 5.92 Å². The first kappa shape index (κ1) is 19.0. The summed E-state index contributed by atoms with van der Waals surface area (Å²) < 4.78 is 0. The molecule has 130 valence electrons. The molecule has 1 aliphatic carbocycles. The molecule has 0 radical (unpaired) electrons. The predicted octanol–water partition coefficient (Wildman–Crippen LogP) is 3.36. The molecule has 0 spiro atoms. The number of halogens is 2. The first-order chi connectivity index (χ1) is 10.7. The van der Waals surface area contributed by atoms with Crippen LogP contribution in [-0.2, 0) is 0 Å². The number of hydrogen-bond donors (Lipinski definition) is 2. The highest BCUT2D eigenvalue weighted by molar-refractivity contribution is 6.06. The SMILES string of the molecule is Cc1ccc2nc(C3CC3)cc(C(=O)NC3CCNC3)c2c1.Cl.Cl. The average molecular weight is 368 g/mol. The highest BCUT2D eigenvalue weighted by Crippen LogP contribution is 2.40.